The van der Waals surface area contributed by atoms with E-state index in [1.54, 1.807) is 7.11 Å². The van der Waals surface area contributed by atoms with Gasteiger partial charge in [-0.1, -0.05) is 30.3 Å². The molecule has 0 aromatic heterocycles. The average Bonchev–Trinajstić information content (AvgIpc) is 2.40. The minimum absolute atomic E-state index is 0.0359. The highest BCUT2D eigenvalue weighted by Crippen LogP contribution is 2.10. The van der Waals surface area contributed by atoms with Gasteiger partial charge in [0.15, 0.2) is 0 Å². The number of methoxy groups -OCH3 is 1. The highest BCUT2D eigenvalue weighted by atomic mass is 16.5. The summed E-state index contributed by atoms with van der Waals surface area (Å²) in [6.45, 7) is 3.54. The number of carbonyl (C=O) groups excluding carboxylic acids is 1. The molecule has 0 unspecified atom stereocenters. The van der Waals surface area contributed by atoms with Crippen molar-refractivity contribution in [3.05, 3.63) is 60.2 Å². The molecule has 2 aromatic rings. The van der Waals surface area contributed by atoms with Gasteiger partial charge in [-0.25, -0.2) is 0 Å². The van der Waals surface area contributed by atoms with Gasteiger partial charge < -0.3 is 10.1 Å². The summed E-state index contributed by atoms with van der Waals surface area (Å²) in [6, 6.07) is 17.3. The summed E-state index contributed by atoms with van der Waals surface area (Å²) >= 11 is 0. The van der Waals surface area contributed by atoms with Crippen LogP contribution in [0.5, 0.6) is 5.75 Å². The fraction of sp³-hybridized carbons (Fsp3) is 0.188. The van der Waals surface area contributed by atoms with Crippen molar-refractivity contribution in [2.45, 2.75) is 13.8 Å². The molecule has 2 aromatic carbocycles. The number of amides is 1. The van der Waals surface area contributed by atoms with Crippen molar-refractivity contribution in [2.75, 3.05) is 12.4 Å². The topological polar surface area (TPSA) is 38.3 Å². The molecule has 0 saturated heterocycles. The van der Waals surface area contributed by atoms with Crippen molar-refractivity contribution in [2.24, 2.45) is 0 Å². The second-order valence-electron chi connectivity index (χ2n) is 4.07. The average molecular weight is 257 g/mol. The summed E-state index contributed by atoms with van der Waals surface area (Å²) in [4.78, 5) is 10.5. The number of nitrogens with one attached hydrogen (secondary N) is 1. The SMILES string of the molecule is CC(=O)Nc1ccccc1.COc1cccc(C)c1. The molecule has 0 fully saturated rings. The third-order valence-electron chi connectivity index (χ3n) is 2.32. The molecule has 0 atom stereocenters. The van der Waals surface area contributed by atoms with Gasteiger partial charge in [0.25, 0.3) is 0 Å². The Morgan fingerprint density at radius 2 is 1.74 bits per heavy atom. The summed E-state index contributed by atoms with van der Waals surface area (Å²) in [5, 5.41) is 2.67. The van der Waals surface area contributed by atoms with Crippen LogP contribution in [0.15, 0.2) is 54.6 Å². The lowest BCUT2D eigenvalue weighted by Gasteiger charge is -1.98. The van der Waals surface area contributed by atoms with E-state index in [0.29, 0.717) is 0 Å². The molecule has 0 aliphatic carbocycles. The monoisotopic (exact) mass is 257 g/mol. The first kappa shape index (κ1) is 14.8. The van der Waals surface area contributed by atoms with Crippen LogP contribution >= 0.6 is 0 Å². The maximum absolute atomic E-state index is 10.5. The van der Waals surface area contributed by atoms with Gasteiger partial charge in [-0.2, -0.15) is 0 Å². The smallest absolute Gasteiger partial charge is 0.221 e. The molecule has 100 valence electrons. The lowest BCUT2D eigenvalue weighted by atomic mass is 10.2. The Bertz CT molecular complexity index is 509. The van der Waals surface area contributed by atoms with E-state index in [-0.39, 0.29) is 5.91 Å². The van der Waals surface area contributed by atoms with Gasteiger partial charge in [0.1, 0.15) is 5.75 Å². The minimum Gasteiger partial charge on any atom is -0.497 e. The first-order valence-electron chi connectivity index (χ1n) is 6.05. The largest absolute Gasteiger partial charge is 0.497 e. The molecule has 0 bridgehead atoms. The number of carbonyl (C=O) groups is 1. The van der Waals surface area contributed by atoms with Crippen LogP contribution < -0.4 is 10.1 Å². The van der Waals surface area contributed by atoms with Crippen molar-refractivity contribution >= 4 is 11.6 Å². The van der Waals surface area contributed by atoms with Crippen LogP contribution in [-0.4, -0.2) is 13.0 Å². The van der Waals surface area contributed by atoms with Crippen LogP contribution in [0, 0.1) is 6.92 Å². The minimum atomic E-state index is -0.0359. The Balaban J connectivity index is 0.000000191. The van der Waals surface area contributed by atoms with Crippen molar-refractivity contribution in [3.63, 3.8) is 0 Å². The van der Waals surface area contributed by atoms with E-state index in [4.69, 9.17) is 4.74 Å². The number of rotatable bonds is 2. The summed E-state index contributed by atoms with van der Waals surface area (Å²) in [7, 11) is 1.68. The van der Waals surface area contributed by atoms with E-state index < -0.39 is 0 Å². The van der Waals surface area contributed by atoms with Crippen LogP contribution in [0.2, 0.25) is 0 Å². The van der Waals surface area contributed by atoms with Gasteiger partial charge in [-0.05, 0) is 36.8 Å². The fourth-order valence-corrected chi connectivity index (χ4v) is 1.47. The summed E-state index contributed by atoms with van der Waals surface area (Å²) < 4.78 is 5.00. The number of ether oxygens (including phenoxy) is 1. The second-order valence-corrected chi connectivity index (χ2v) is 4.07. The maximum atomic E-state index is 10.5. The quantitative estimate of drug-likeness (QED) is 0.891. The van der Waals surface area contributed by atoms with Crippen LogP contribution in [0.4, 0.5) is 5.69 Å². The molecule has 0 aliphatic heterocycles. The summed E-state index contributed by atoms with van der Waals surface area (Å²) in [5.74, 6) is 0.890. The van der Waals surface area contributed by atoms with Crippen molar-refractivity contribution in [3.8, 4) is 5.75 Å². The van der Waals surface area contributed by atoms with Gasteiger partial charge >= 0.3 is 0 Å². The van der Waals surface area contributed by atoms with E-state index in [1.807, 2.05) is 61.5 Å². The predicted octanol–water partition coefficient (Wildman–Crippen LogP) is 3.65. The first-order chi connectivity index (χ1) is 9.11. The van der Waals surface area contributed by atoms with Crippen LogP contribution in [0.1, 0.15) is 12.5 Å². The zero-order chi connectivity index (χ0) is 14.1. The summed E-state index contributed by atoms with van der Waals surface area (Å²) in [6.07, 6.45) is 0. The number of hydrogen-bond acceptors (Lipinski definition) is 2. The van der Waals surface area contributed by atoms with E-state index in [0.717, 1.165) is 11.4 Å². The van der Waals surface area contributed by atoms with Gasteiger partial charge in [-0.3, -0.25) is 4.79 Å². The van der Waals surface area contributed by atoms with Gasteiger partial charge in [0, 0.05) is 12.6 Å². The molecule has 3 heteroatoms. The Kier molecular flexibility index (Phi) is 6.16. The number of benzene rings is 2. The molecule has 0 saturated carbocycles. The number of anilines is 1. The van der Waals surface area contributed by atoms with Crippen LogP contribution in [-0.2, 0) is 4.79 Å². The third kappa shape index (κ3) is 6.27. The molecule has 2 rings (SSSR count). The lowest BCUT2D eigenvalue weighted by Crippen LogP contribution is -2.04. The maximum Gasteiger partial charge on any atom is 0.221 e. The molecule has 0 heterocycles. The number of aryl methyl sites for hydroxylation is 1. The number of hydrogen-bond donors (Lipinski definition) is 1. The Hall–Kier alpha value is -2.29. The van der Waals surface area contributed by atoms with E-state index in [1.165, 1.54) is 12.5 Å². The van der Waals surface area contributed by atoms with E-state index in [2.05, 4.69) is 5.32 Å². The van der Waals surface area contributed by atoms with Gasteiger partial charge in [0.05, 0.1) is 7.11 Å². The molecule has 1 amide bonds. The highest BCUT2D eigenvalue weighted by Gasteiger charge is 1.90. The van der Waals surface area contributed by atoms with E-state index in [9.17, 15) is 4.79 Å². The molecule has 0 aliphatic rings. The summed E-state index contributed by atoms with van der Waals surface area (Å²) in [5.41, 5.74) is 2.07. The van der Waals surface area contributed by atoms with Crippen molar-refractivity contribution in [1.82, 2.24) is 0 Å². The zero-order valence-electron chi connectivity index (χ0n) is 11.5. The molecular formula is C16H19NO2. The molecule has 0 spiro atoms. The Morgan fingerprint density at radius 1 is 1.05 bits per heavy atom. The molecule has 0 radical (unpaired) electrons. The van der Waals surface area contributed by atoms with Crippen LogP contribution in [0.3, 0.4) is 0 Å². The molecule has 3 nitrogen and oxygen atoms in total. The van der Waals surface area contributed by atoms with E-state index >= 15 is 0 Å². The third-order valence-corrected chi connectivity index (χ3v) is 2.32. The highest BCUT2D eigenvalue weighted by molar-refractivity contribution is 5.88. The van der Waals surface area contributed by atoms with Crippen molar-refractivity contribution in [1.29, 1.82) is 0 Å². The zero-order valence-corrected chi connectivity index (χ0v) is 11.5. The van der Waals surface area contributed by atoms with Crippen molar-refractivity contribution < 1.29 is 9.53 Å². The van der Waals surface area contributed by atoms with Gasteiger partial charge in [0.2, 0.25) is 5.91 Å². The first-order valence-corrected chi connectivity index (χ1v) is 6.05. The Morgan fingerprint density at radius 3 is 2.21 bits per heavy atom. The fourth-order valence-electron chi connectivity index (χ4n) is 1.47. The molecular weight excluding hydrogens is 238 g/mol. The molecule has 19 heavy (non-hydrogen) atoms. The number of para-hydroxylation sites is 1. The standard InChI is InChI=1S/C8H9NO.C8H10O/c1-7(10)9-8-5-3-2-4-6-8;1-7-4-3-5-8(6-7)9-2/h2-6H,1H3,(H,9,10);3-6H,1-2H3. The predicted molar refractivity (Wildman–Crippen MR) is 78.5 cm³/mol. The normalized spacial score (nSPS) is 9.00. The van der Waals surface area contributed by atoms with Gasteiger partial charge in [-0.15, -0.1) is 0 Å². The Labute approximate surface area is 114 Å². The second kappa shape index (κ2) is 7.93. The molecule has 1 N–H and O–H groups in total. The van der Waals surface area contributed by atoms with Crippen LogP contribution in [0.25, 0.3) is 0 Å². The lowest BCUT2D eigenvalue weighted by molar-refractivity contribution is -0.114.